The molecule has 1 aromatic rings. The maximum Gasteiger partial charge on any atom is 0.293 e. The van der Waals surface area contributed by atoms with Gasteiger partial charge in [-0.25, -0.2) is 13.1 Å². The molecule has 0 heterocycles. The minimum Gasteiger partial charge on any atom is -0.360 e. The molecule has 152 valence electrons. The third kappa shape index (κ3) is 6.17. The van der Waals surface area contributed by atoms with Crippen LogP contribution in [0.1, 0.15) is 34.6 Å². The number of nitro groups is 1. The van der Waals surface area contributed by atoms with Crippen molar-refractivity contribution in [3.05, 3.63) is 28.3 Å². The molecule has 9 nitrogen and oxygen atoms in total. The van der Waals surface area contributed by atoms with Gasteiger partial charge in [0.2, 0.25) is 15.9 Å². The van der Waals surface area contributed by atoms with Crippen LogP contribution in [-0.4, -0.2) is 56.4 Å². The molecule has 0 saturated carbocycles. The molecular weight excluding hydrogens is 372 g/mol. The summed E-state index contributed by atoms with van der Waals surface area (Å²) in [5, 5.41) is 11.5. The highest BCUT2D eigenvalue weighted by Gasteiger charge is 2.27. The Morgan fingerprint density at radius 2 is 1.78 bits per heavy atom. The number of likely N-dealkylation sites (N-methyl/N-ethyl adjacent to an activating group) is 2. The van der Waals surface area contributed by atoms with Gasteiger partial charge in [-0.05, 0) is 46.8 Å². The zero-order valence-electron chi connectivity index (χ0n) is 16.6. The Labute approximate surface area is 160 Å². The standard InChI is InChI=1S/C17H28N4O5S/c1-7-20(8-2)16(22)12-19(6)14-10-9-13(11-15(14)21(23)24)27(25,26)18-17(3,4)5/h9-11,18H,7-8,12H2,1-6H3. The topological polar surface area (TPSA) is 113 Å². The van der Waals surface area contributed by atoms with Crippen LogP contribution >= 0.6 is 0 Å². The van der Waals surface area contributed by atoms with Crippen molar-refractivity contribution in [2.75, 3.05) is 31.6 Å². The van der Waals surface area contributed by atoms with Crippen molar-refractivity contribution in [1.29, 1.82) is 0 Å². The number of anilines is 1. The Bertz CT molecular complexity index is 798. The average Bonchev–Trinajstić information content (AvgIpc) is 2.53. The molecule has 0 saturated heterocycles. The first kappa shape index (κ1) is 22.8. The molecule has 0 atom stereocenters. The lowest BCUT2D eigenvalue weighted by Crippen LogP contribution is -2.40. The van der Waals surface area contributed by atoms with Gasteiger partial charge in [0.05, 0.1) is 16.4 Å². The molecule has 1 N–H and O–H groups in total. The summed E-state index contributed by atoms with van der Waals surface area (Å²) < 4.78 is 27.3. The summed E-state index contributed by atoms with van der Waals surface area (Å²) in [6.45, 7) is 9.79. The lowest BCUT2D eigenvalue weighted by molar-refractivity contribution is -0.384. The van der Waals surface area contributed by atoms with Gasteiger partial charge in [0.25, 0.3) is 5.69 Å². The van der Waals surface area contributed by atoms with Crippen LogP contribution in [0.5, 0.6) is 0 Å². The second-order valence-electron chi connectivity index (χ2n) is 7.19. The van der Waals surface area contributed by atoms with Gasteiger partial charge in [0.1, 0.15) is 5.69 Å². The van der Waals surface area contributed by atoms with Crippen LogP contribution in [0.15, 0.2) is 23.1 Å². The average molecular weight is 401 g/mol. The highest BCUT2D eigenvalue weighted by Crippen LogP contribution is 2.30. The van der Waals surface area contributed by atoms with Gasteiger partial charge in [-0.15, -0.1) is 0 Å². The van der Waals surface area contributed by atoms with E-state index in [1.54, 1.807) is 32.7 Å². The van der Waals surface area contributed by atoms with E-state index in [4.69, 9.17) is 0 Å². The fraction of sp³-hybridized carbons (Fsp3) is 0.588. The van der Waals surface area contributed by atoms with Crippen molar-refractivity contribution in [2.45, 2.75) is 45.1 Å². The third-order valence-corrected chi connectivity index (χ3v) is 5.55. The molecule has 10 heteroatoms. The van der Waals surface area contributed by atoms with Crippen LogP contribution in [0.25, 0.3) is 0 Å². The summed E-state index contributed by atoms with van der Waals surface area (Å²) in [7, 11) is -2.35. The van der Waals surface area contributed by atoms with Crippen molar-refractivity contribution in [1.82, 2.24) is 9.62 Å². The molecule has 0 fully saturated rings. The Morgan fingerprint density at radius 1 is 1.22 bits per heavy atom. The lowest BCUT2D eigenvalue weighted by Gasteiger charge is -2.24. The molecule has 1 rings (SSSR count). The van der Waals surface area contributed by atoms with Crippen LogP contribution in [0, 0.1) is 10.1 Å². The molecule has 0 unspecified atom stereocenters. The van der Waals surface area contributed by atoms with E-state index >= 15 is 0 Å². The third-order valence-electron chi connectivity index (χ3n) is 3.79. The number of rotatable bonds is 8. The Hall–Kier alpha value is -2.20. The fourth-order valence-electron chi connectivity index (χ4n) is 2.57. The first-order valence-corrected chi connectivity index (χ1v) is 10.1. The molecule has 1 amide bonds. The minimum atomic E-state index is -3.91. The zero-order chi connectivity index (χ0) is 21.0. The number of hydrogen-bond acceptors (Lipinski definition) is 6. The maximum absolute atomic E-state index is 12.4. The van der Waals surface area contributed by atoms with E-state index in [-0.39, 0.29) is 28.7 Å². The molecule has 27 heavy (non-hydrogen) atoms. The van der Waals surface area contributed by atoms with Gasteiger partial charge in [0.15, 0.2) is 0 Å². The smallest absolute Gasteiger partial charge is 0.293 e. The van der Waals surface area contributed by atoms with Crippen LogP contribution in [0.2, 0.25) is 0 Å². The van der Waals surface area contributed by atoms with E-state index in [0.29, 0.717) is 13.1 Å². The van der Waals surface area contributed by atoms with Crippen molar-refractivity contribution >= 4 is 27.3 Å². The number of amides is 1. The highest BCUT2D eigenvalue weighted by atomic mass is 32.2. The van der Waals surface area contributed by atoms with Crippen molar-refractivity contribution < 1.29 is 18.1 Å². The van der Waals surface area contributed by atoms with Crippen LogP contribution < -0.4 is 9.62 Å². The molecule has 0 aromatic heterocycles. The van der Waals surface area contributed by atoms with E-state index in [9.17, 15) is 23.3 Å². The largest absolute Gasteiger partial charge is 0.360 e. The van der Waals surface area contributed by atoms with Gasteiger partial charge in [0, 0.05) is 31.7 Å². The number of benzene rings is 1. The maximum atomic E-state index is 12.4. The Kier molecular flexibility index (Phi) is 7.32. The molecule has 0 aliphatic heterocycles. The molecule has 0 bridgehead atoms. The second-order valence-corrected chi connectivity index (χ2v) is 8.87. The molecule has 0 aliphatic rings. The molecule has 1 aromatic carbocycles. The van der Waals surface area contributed by atoms with E-state index in [1.807, 2.05) is 13.8 Å². The number of nitrogens with zero attached hydrogens (tertiary/aromatic N) is 3. The van der Waals surface area contributed by atoms with Crippen molar-refractivity contribution in [3.8, 4) is 0 Å². The number of carbonyl (C=O) groups is 1. The SMILES string of the molecule is CCN(CC)C(=O)CN(C)c1ccc(S(=O)(=O)NC(C)(C)C)cc1[N+](=O)[O-]. The summed E-state index contributed by atoms with van der Waals surface area (Å²) >= 11 is 0. The van der Waals surface area contributed by atoms with Crippen LogP contribution in [0.4, 0.5) is 11.4 Å². The number of nitrogens with one attached hydrogen (secondary N) is 1. The van der Waals surface area contributed by atoms with Gasteiger partial charge < -0.3 is 9.80 Å². The van der Waals surface area contributed by atoms with Crippen LogP contribution in [0.3, 0.4) is 0 Å². The number of sulfonamides is 1. The quantitative estimate of drug-likeness (QED) is 0.527. The number of hydrogen-bond donors (Lipinski definition) is 1. The second kappa shape index (κ2) is 8.66. The van der Waals surface area contributed by atoms with E-state index in [1.165, 1.54) is 17.0 Å². The summed E-state index contributed by atoms with van der Waals surface area (Å²) in [6, 6.07) is 3.67. The molecule has 0 spiro atoms. The predicted octanol–water partition coefficient (Wildman–Crippen LogP) is 1.98. The Morgan fingerprint density at radius 3 is 2.22 bits per heavy atom. The minimum absolute atomic E-state index is 0.0468. The molecular formula is C17H28N4O5S. The molecule has 0 aliphatic carbocycles. The van der Waals surface area contributed by atoms with Crippen LogP contribution in [-0.2, 0) is 14.8 Å². The van der Waals surface area contributed by atoms with Gasteiger partial charge >= 0.3 is 0 Å². The monoisotopic (exact) mass is 400 g/mol. The van der Waals surface area contributed by atoms with E-state index in [2.05, 4.69) is 4.72 Å². The Balaban J connectivity index is 3.24. The lowest BCUT2D eigenvalue weighted by atomic mass is 10.1. The first-order valence-electron chi connectivity index (χ1n) is 8.63. The summed E-state index contributed by atoms with van der Waals surface area (Å²) in [6.07, 6.45) is 0. The predicted molar refractivity (Wildman–Crippen MR) is 104 cm³/mol. The van der Waals surface area contributed by atoms with Gasteiger partial charge in [-0.1, -0.05) is 0 Å². The summed E-state index contributed by atoms with van der Waals surface area (Å²) in [5.74, 6) is -0.164. The molecule has 0 radical (unpaired) electrons. The van der Waals surface area contributed by atoms with Crippen molar-refractivity contribution in [3.63, 3.8) is 0 Å². The fourth-order valence-corrected chi connectivity index (χ4v) is 4.00. The number of carbonyl (C=O) groups excluding carboxylic acids is 1. The summed E-state index contributed by atoms with van der Waals surface area (Å²) in [4.78, 5) is 26.0. The van der Waals surface area contributed by atoms with E-state index < -0.39 is 20.5 Å². The van der Waals surface area contributed by atoms with Crippen molar-refractivity contribution in [2.24, 2.45) is 0 Å². The van der Waals surface area contributed by atoms with E-state index in [0.717, 1.165) is 6.07 Å². The highest BCUT2D eigenvalue weighted by molar-refractivity contribution is 7.89. The summed E-state index contributed by atoms with van der Waals surface area (Å²) in [5.41, 5.74) is -0.920. The van der Waals surface area contributed by atoms with Gasteiger partial charge in [-0.3, -0.25) is 14.9 Å². The normalized spacial score (nSPS) is 11.9. The number of nitro benzene ring substituents is 1. The zero-order valence-corrected chi connectivity index (χ0v) is 17.5. The first-order chi connectivity index (χ1) is 12.3. The van der Waals surface area contributed by atoms with Gasteiger partial charge in [-0.2, -0.15) is 0 Å².